The Kier molecular flexibility index (Phi) is 5.75. The highest BCUT2D eigenvalue weighted by Crippen LogP contribution is 2.29. The predicted octanol–water partition coefficient (Wildman–Crippen LogP) is 2.14. The first kappa shape index (κ1) is 19.2. The maximum Gasteiger partial charge on any atom is 0.335 e. The molecule has 1 fully saturated rings. The molecule has 3 rings (SSSR count). The molecule has 1 aliphatic rings. The van der Waals surface area contributed by atoms with Crippen molar-refractivity contribution in [1.82, 2.24) is 5.32 Å². The minimum atomic E-state index is -1.05. The number of nitrogens with two attached hydrogens (primary N) is 1. The van der Waals surface area contributed by atoms with E-state index in [1.54, 1.807) is 42.5 Å². The number of ether oxygens (including phenoxy) is 1. The van der Waals surface area contributed by atoms with Crippen molar-refractivity contribution in [2.24, 2.45) is 10.7 Å². The molecule has 0 unspecified atom stereocenters. The smallest absolute Gasteiger partial charge is 0.335 e. The van der Waals surface area contributed by atoms with Crippen LogP contribution in [0.2, 0.25) is 0 Å². The monoisotopic (exact) mass is 397 g/mol. The van der Waals surface area contributed by atoms with Crippen LogP contribution in [0.15, 0.2) is 58.4 Å². The van der Waals surface area contributed by atoms with Gasteiger partial charge in [0.1, 0.15) is 5.75 Å². The lowest BCUT2D eigenvalue weighted by Gasteiger charge is -2.04. The molecule has 142 valence electrons. The number of carbonyl (C=O) groups excluding carboxylic acids is 2. The number of amides is 2. The third kappa shape index (κ3) is 4.98. The minimum absolute atomic E-state index is 0.111. The lowest BCUT2D eigenvalue weighted by molar-refractivity contribution is -0.120. The zero-order valence-corrected chi connectivity index (χ0v) is 15.2. The van der Waals surface area contributed by atoms with E-state index in [9.17, 15) is 14.4 Å². The summed E-state index contributed by atoms with van der Waals surface area (Å²) in [5.74, 6) is -1.50. The minimum Gasteiger partial charge on any atom is -0.484 e. The first-order valence-corrected chi connectivity index (χ1v) is 8.86. The number of aliphatic imine (C=N–C) groups is 1. The molecule has 2 aromatic carbocycles. The Hall–Kier alpha value is -3.59. The highest BCUT2D eigenvalue weighted by molar-refractivity contribution is 8.18. The van der Waals surface area contributed by atoms with Crippen LogP contribution in [0.3, 0.4) is 0 Å². The van der Waals surface area contributed by atoms with Crippen molar-refractivity contribution in [3.8, 4) is 5.75 Å². The van der Waals surface area contributed by atoms with Gasteiger partial charge in [0, 0.05) is 0 Å². The van der Waals surface area contributed by atoms with Gasteiger partial charge in [0.15, 0.2) is 11.8 Å². The van der Waals surface area contributed by atoms with Crippen LogP contribution in [-0.2, 0) is 9.59 Å². The number of aromatic carboxylic acids is 1. The molecule has 0 bridgehead atoms. The number of hydrogen-bond donors (Lipinski definition) is 3. The number of amidine groups is 1. The van der Waals surface area contributed by atoms with Crippen molar-refractivity contribution in [2.75, 3.05) is 6.61 Å². The van der Waals surface area contributed by atoms with E-state index in [1.165, 1.54) is 12.1 Å². The quantitative estimate of drug-likeness (QED) is 0.640. The maximum atomic E-state index is 12.2. The molecule has 8 nitrogen and oxygen atoms in total. The van der Waals surface area contributed by atoms with Gasteiger partial charge < -0.3 is 20.9 Å². The third-order valence-electron chi connectivity index (χ3n) is 3.51. The molecular weight excluding hydrogens is 382 g/mol. The Morgan fingerprint density at radius 1 is 1.21 bits per heavy atom. The Labute approximate surface area is 164 Å². The molecule has 0 aliphatic carbocycles. The molecule has 0 spiro atoms. The van der Waals surface area contributed by atoms with Crippen LogP contribution in [0, 0.1) is 0 Å². The molecule has 1 heterocycles. The van der Waals surface area contributed by atoms with Crippen molar-refractivity contribution in [3.05, 3.63) is 64.6 Å². The van der Waals surface area contributed by atoms with Crippen LogP contribution in [0.25, 0.3) is 6.08 Å². The molecule has 0 atom stereocenters. The summed E-state index contributed by atoms with van der Waals surface area (Å²) in [6, 6.07) is 13.0. The van der Waals surface area contributed by atoms with E-state index in [0.29, 0.717) is 27.1 Å². The molecule has 0 radical (unpaired) electrons. The predicted molar refractivity (Wildman–Crippen MR) is 105 cm³/mol. The Bertz CT molecular complexity index is 1020. The van der Waals surface area contributed by atoms with Gasteiger partial charge in [-0.25, -0.2) is 9.79 Å². The van der Waals surface area contributed by atoms with Crippen LogP contribution < -0.4 is 15.8 Å². The summed E-state index contributed by atoms with van der Waals surface area (Å²) >= 11 is 1.13. The van der Waals surface area contributed by atoms with E-state index >= 15 is 0 Å². The molecular formula is C19H15N3O5S. The molecule has 0 aromatic heterocycles. The van der Waals surface area contributed by atoms with Gasteiger partial charge >= 0.3 is 5.97 Å². The first-order valence-electron chi connectivity index (χ1n) is 8.05. The molecule has 0 saturated carbocycles. The summed E-state index contributed by atoms with van der Waals surface area (Å²) in [6.45, 7) is -0.235. The molecule has 28 heavy (non-hydrogen) atoms. The summed E-state index contributed by atoms with van der Waals surface area (Å²) in [4.78, 5) is 38.7. The van der Waals surface area contributed by atoms with E-state index in [0.717, 1.165) is 11.8 Å². The van der Waals surface area contributed by atoms with Gasteiger partial charge in [-0.2, -0.15) is 0 Å². The molecule has 2 aromatic rings. The zero-order valence-electron chi connectivity index (χ0n) is 14.4. The van der Waals surface area contributed by atoms with Gasteiger partial charge in [0.25, 0.3) is 11.8 Å². The van der Waals surface area contributed by atoms with E-state index in [-0.39, 0.29) is 18.1 Å². The molecule has 4 N–H and O–H groups in total. The van der Waals surface area contributed by atoms with Gasteiger partial charge in [0.05, 0.1) is 16.2 Å². The number of nitrogens with zero attached hydrogens (tertiary/aromatic N) is 1. The van der Waals surface area contributed by atoms with E-state index in [1.807, 2.05) is 0 Å². The number of rotatable bonds is 6. The number of carboxylic acids is 1. The van der Waals surface area contributed by atoms with Gasteiger partial charge in [0.2, 0.25) is 0 Å². The summed E-state index contributed by atoms with van der Waals surface area (Å²) < 4.78 is 5.25. The van der Waals surface area contributed by atoms with Gasteiger partial charge in [-0.1, -0.05) is 18.2 Å². The van der Waals surface area contributed by atoms with Crippen LogP contribution >= 0.6 is 11.8 Å². The van der Waals surface area contributed by atoms with E-state index < -0.39 is 11.9 Å². The zero-order chi connectivity index (χ0) is 20.1. The standard InChI is InChI=1S/C19H15N3O5S/c20-16(23)10-27-14-6-1-3-11(7-14)8-15-17(24)22-19(28-15)21-13-5-2-4-12(9-13)18(25)26/h1-9H,10H2,(H2,20,23)(H,25,26)(H,21,22,24)/b15-8-. The van der Waals surface area contributed by atoms with E-state index in [4.69, 9.17) is 15.6 Å². The summed E-state index contributed by atoms with van der Waals surface area (Å²) in [7, 11) is 0. The largest absolute Gasteiger partial charge is 0.484 e. The normalized spacial score (nSPS) is 16.2. The Balaban J connectivity index is 1.77. The van der Waals surface area contributed by atoms with Crippen molar-refractivity contribution in [1.29, 1.82) is 0 Å². The van der Waals surface area contributed by atoms with Crippen molar-refractivity contribution in [3.63, 3.8) is 0 Å². The van der Waals surface area contributed by atoms with Crippen molar-refractivity contribution >= 4 is 46.5 Å². The first-order chi connectivity index (χ1) is 13.4. The van der Waals surface area contributed by atoms with Gasteiger partial charge in [-0.05, 0) is 53.7 Å². The molecule has 2 amide bonds. The third-order valence-corrected chi connectivity index (χ3v) is 4.42. The number of thioether (sulfide) groups is 1. The van der Waals surface area contributed by atoms with Crippen LogP contribution in [0.4, 0.5) is 5.69 Å². The second-order valence-corrected chi connectivity index (χ2v) is 6.70. The lowest BCUT2D eigenvalue weighted by atomic mass is 10.2. The highest BCUT2D eigenvalue weighted by atomic mass is 32.2. The van der Waals surface area contributed by atoms with E-state index in [2.05, 4.69) is 10.3 Å². The number of hydrogen-bond acceptors (Lipinski definition) is 6. The van der Waals surface area contributed by atoms with Gasteiger partial charge in [-0.3, -0.25) is 9.59 Å². The lowest BCUT2D eigenvalue weighted by Crippen LogP contribution is -2.20. The fourth-order valence-corrected chi connectivity index (χ4v) is 3.15. The summed E-state index contributed by atoms with van der Waals surface area (Å²) in [5, 5.41) is 12.0. The SMILES string of the molecule is NC(=O)COc1cccc(/C=C2\SC(=Nc3cccc(C(=O)O)c3)NC2=O)c1. The molecule has 1 aliphatic heterocycles. The van der Waals surface area contributed by atoms with Crippen LogP contribution in [-0.4, -0.2) is 34.7 Å². The van der Waals surface area contributed by atoms with Crippen LogP contribution in [0.5, 0.6) is 5.75 Å². The topological polar surface area (TPSA) is 131 Å². The molecule has 9 heteroatoms. The van der Waals surface area contributed by atoms with Crippen molar-refractivity contribution < 1.29 is 24.2 Å². The highest BCUT2D eigenvalue weighted by Gasteiger charge is 2.24. The molecule has 1 saturated heterocycles. The number of carboxylic acid groups (broad SMARTS) is 1. The Morgan fingerprint density at radius 2 is 2.00 bits per heavy atom. The Morgan fingerprint density at radius 3 is 2.75 bits per heavy atom. The van der Waals surface area contributed by atoms with Crippen LogP contribution in [0.1, 0.15) is 15.9 Å². The average Bonchev–Trinajstić information content (AvgIpc) is 2.99. The fraction of sp³-hybridized carbons (Fsp3) is 0.0526. The average molecular weight is 397 g/mol. The number of carbonyl (C=O) groups is 3. The number of benzene rings is 2. The second kappa shape index (κ2) is 8.40. The number of nitrogens with one attached hydrogen (secondary N) is 1. The second-order valence-electron chi connectivity index (χ2n) is 5.66. The summed E-state index contributed by atoms with van der Waals surface area (Å²) in [5.41, 5.74) is 6.29. The summed E-state index contributed by atoms with van der Waals surface area (Å²) in [6.07, 6.45) is 1.66. The number of primary amides is 1. The fourth-order valence-electron chi connectivity index (χ4n) is 2.31. The van der Waals surface area contributed by atoms with Gasteiger partial charge in [-0.15, -0.1) is 0 Å². The van der Waals surface area contributed by atoms with Crippen molar-refractivity contribution in [2.45, 2.75) is 0 Å². The maximum absolute atomic E-state index is 12.2.